The molecule has 0 N–H and O–H groups in total. The number of fused-ring (bicyclic) bond motifs is 1. The van der Waals surface area contributed by atoms with E-state index in [-0.39, 0.29) is 5.89 Å². The normalized spacial score (nSPS) is 10.8. The van der Waals surface area contributed by atoms with Crippen LogP contribution in [0.3, 0.4) is 0 Å². The Kier molecular flexibility index (Phi) is 5.96. The zero-order valence-electron chi connectivity index (χ0n) is 15.8. The summed E-state index contributed by atoms with van der Waals surface area (Å²) in [7, 11) is 3.05. The van der Waals surface area contributed by atoms with Gasteiger partial charge in [-0.25, -0.2) is 9.78 Å². The van der Waals surface area contributed by atoms with E-state index in [0.29, 0.717) is 34.6 Å². The number of nitrogens with zero attached hydrogens (tertiary/aromatic N) is 1. The predicted octanol–water partition coefficient (Wildman–Crippen LogP) is 4.44. The Hall–Kier alpha value is -3.02. The first-order valence-corrected chi connectivity index (χ1v) is 8.96. The second-order valence-corrected chi connectivity index (χ2v) is 6.11. The van der Waals surface area contributed by atoms with Crippen molar-refractivity contribution in [3.8, 4) is 28.7 Å². The molecule has 1 aromatic heterocycles. The lowest BCUT2D eigenvalue weighted by molar-refractivity contribution is 0.306. The molecule has 0 saturated carbocycles. The van der Waals surface area contributed by atoms with Gasteiger partial charge in [-0.15, -0.1) is 0 Å². The topological polar surface area (TPSA) is 70.8 Å². The van der Waals surface area contributed by atoms with Crippen molar-refractivity contribution in [2.24, 2.45) is 0 Å². The summed E-state index contributed by atoms with van der Waals surface area (Å²) in [5, 5.41) is 0.340. The summed E-state index contributed by atoms with van der Waals surface area (Å²) < 4.78 is 21.6. The molecular weight excluding hydrogens is 346 g/mol. The molecule has 142 valence electrons. The Bertz CT molecular complexity index is 963. The highest BCUT2D eigenvalue weighted by atomic mass is 16.5. The number of benzene rings is 2. The Balaban J connectivity index is 1.89. The molecule has 0 aliphatic carbocycles. The molecule has 0 atom stereocenters. The smallest absolute Gasteiger partial charge is 0.347 e. The largest absolute Gasteiger partial charge is 0.494 e. The van der Waals surface area contributed by atoms with Gasteiger partial charge in [0.1, 0.15) is 5.75 Å². The van der Waals surface area contributed by atoms with Crippen LogP contribution in [-0.2, 0) is 0 Å². The summed E-state index contributed by atoms with van der Waals surface area (Å²) in [5.74, 6) is 1.99. The molecule has 0 fully saturated rings. The van der Waals surface area contributed by atoms with Gasteiger partial charge in [-0.2, -0.15) is 0 Å². The van der Waals surface area contributed by atoms with Crippen LogP contribution in [0.15, 0.2) is 45.6 Å². The quantitative estimate of drug-likeness (QED) is 0.547. The molecule has 0 amide bonds. The molecule has 0 aliphatic heterocycles. The van der Waals surface area contributed by atoms with Gasteiger partial charge >= 0.3 is 5.63 Å². The van der Waals surface area contributed by atoms with E-state index in [4.69, 9.17) is 18.6 Å². The zero-order valence-corrected chi connectivity index (χ0v) is 15.8. The summed E-state index contributed by atoms with van der Waals surface area (Å²) in [5.41, 5.74) is 0.708. The zero-order chi connectivity index (χ0) is 19.2. The molecule has 3 aromatic rings. The standard InChI is InChI=1S/C21H23NO5/c1-4-5-6-11-26-15-9-7-14(8-10-15)20-22-17-13-19(25-3)18(24-2)12-16(17)21(23)27-20/h7-10,12-13H,4-6,11H2,1-3H3. The highest BCUT2D eigenvalue weighted by Crippen LogP contribution is 2.31. The van der Waals surface area contributed by atoms with Crippen LogP contribution in [0.2, 0.25) is 0 Å². The predicted molar refractivity (Wildman–Crippen MR) is 104 cm³/mol. The van der Waals surface area contributed by atoms with Crippen LogP contribution in [0, 0.1) is 0 Å². The number of hydrogen-bond acceptors (Lipinski definition) is 6. The minimum atomic E-state index is -0.476. The van der Waals surface area contributed by atoms with Crippen LogP contribution < -0.4 is 19.8 Å². The van der Waals surface area contributed by atoms with Gasteiger partial charge in [0.2, 0.25) is 5.89 Å². The maximum absolute atomic E-state index is 12.4. The summed E-state index contributed by atoms with van der Waals surface area (Å²) in [6, 6.07) is 10.6. The first-order valence-electron chi connectivity index (χ1n) is 8.96. The van der Waals surface area contributed by atoms with Crippen LogP contribution >= 0.6 is 0 Å². The third kappa shape index (κ3) is 4.22. The van der Waals surface area contributed by atoms with Crippen LogP contribution in [0.25, 0.3) is 22.4 Å². The number of unbranched alkanes of at least 4 members (excludes halogenated alkanes) is 2. The van der Waals surface area contributed by atoms with Crippen molar-refractivity contribution in [3.05, 3.63) is 46.8 Å². The summed E-state index contributed by atoms with van der Waals surface area (Å²) in [6.07, 6.45) is 3.34. The number of aromatic nitrogens is 1. The van der Waals surface area contributed by atoms with Gasteiger partial charge in [0.05, 0.1) is 31.7 Å². The Labute approximate surface area is 157 Å². The van der Waals surface area contributed by atoms with E-state index in [1.165, 1.54) is 14.2 Å². The van der Waals surface area contributed by atoms with Crippen molar-refractivity contribution < 1.29 is 18.6 Å². The summed E-state index contributed by atoms with van der Waals surface area (Å²) in [4.78, 5) is 16.8. The minimum Gasteiger partial charge on any atom is -0.494 e. The van der Waals surface area contributed by atoms with Gasteiger partial charge in [0, 0.05) is 17.7 Å². The molecule has 0 bridgehead atoms. The van der Waals surface area contributed by atoms with E-state index in [1.54, 1.807) is 12.1 Å². The summed E-state index contributed by atoms with van der Waals surface area (Å²) >= 11 is 0. The van der Waals surface area contributed by atoms with Crippen molar-refractivity contribution in [1.82, 2.24) is 4.98 Å². The molecule has 0 aliphatic rings. The van der Waals surface area contributed by atoms with E-state index >= 15 is 0 Å². The van der Waals surface area contributed by atoms with Crippen LogP contribution in [0.1, 0.15) is 26.2 Å². The van der Waals surface area contributed by atoms with Gasteiger partial charge < -0.3 is 18.6 Å². The van der Waals surface area contributed by atoms with Crippen molar-refractivity contribution >= 4 is 10.9 Å². The Morgan fingerprint density at radius 1 is 1.00 bits per heavy atom. The molecule has 0 spiro atoms. The molecule has 6 nitrogen and oxygen atoms in total. The Morgan fingerprint density at radius 2 is 1.70 bits per heavy atom. The van der Waals surface area contributed by atoms with E-state index in [2.05, 4.69) is 11.9 Å². The fourth-order valence-corrected chi connectivity index (χ4v) is 2.76. The lowest BCUT2D eigenvalue weighted by Crippen LogP contribution is -2.04. The van der Waals surface area contributed by atoms with Gasteiger partial charge in [-0.05, 0) is 30.7 Å². The van der Waals surface area contributed by atoms with Crippen LogP contribution in [0.5, 0.6) is 17.2 Å². The van der Waals surface area contributed by atoms with Crippen molar-refractivity contribution in [1.29, 1.82) is 0 Å². The van der Waals surface area contributed by atoms with E-state index in [9.17, 15) is 4.79 Å². The highest BCUT2D eigenvalue weighted by Gasteiger charge is 2.13. The van der Waals surface area contributed by atoms with E-state index < -0.39 is 5.63 Å². The Morgan fingerprint density at radius 3 is 2.37 bits per heavy atom. The molecule has 6 heteroatoms. The molecule has 0 radical (unpaired) electrons. The highest BCUT2D eigenvalue weighted by molar-refractivity contribution is 5.82. The number of rotatable bonds is 8. The first-order chi connectivity index (χ1) is 13.2. The van der Waals surface area contributed by atoms with E-state index in [0.717, 1.165) is 25.0 Å². The number of hydrogen-bond donors (Lipinski definition) is 0. The molecule has 2 aromatic carbocycles. The van der Waals surface area contributed by atoms with Crippen LogP contribution in [0.4, 0.5) is 0 Å². The monoisotopic (exact) mass is 369 g/mol. The lowest BCUT2D eigenvalue weighted by Gasteiger charge is -2.09. The maximum atomic E-state index is 12.4. The third-order valence-electron chi connectivity index (χ3n) is 4.25. The van der Waals surface area contributed by atoms with E-state index in [1.807, 2.05) is 24.3 Å². The van der Waals surface area contributed by atoms with Crippen molar-refractivity contribution in [2.45, 2.75) is 26.2 Å². The molecule has 0 saturated heterocycles. The van der Waals surface area contributed by atoms with Crippen LogP contribution in [-0.4, -0.2) is 25.8 Å². The van der Waals surface area contributed by atoms with Gasteiger partial charge in [-0.1, -0.05) is 19.8 Å². The van der Waals surface area contributed by atoms with Gasteiger partial charge in [0.25, 0.3) is 0 Å². The first kappa shape index (κ1) is 18.8. The molecule has 3 rings (SSSR count). The lowest BCUT2D eigenvalue weighted by atomic mass is 10.2. The number of ether oxygens (including phenoxy) is 3. The summed E-state index contributed by atoms with van der Waals surface area (Å²) in [6.45, 7) is 2.85. The number of methoxy groups -OCH3 is 2. The average Bonchev–Trinajstić information content (AvgIpc) is 2.70. The van der Waals surface area contributed by atoms with Gasteiger partial charge in [-0.3, -0.25) is 0 Å². The molecule has 27 heavy (non-hydrogen) atoms. The van der Waals surface area contributed by atoms with Crippen molar-refractivity contribution in [3.63, 3.8) is 0 Å². The SMILES string of the molecule is CCCCCOc1ccc(-c2nc3cc(OC)c(OC)cc3c(=O)o2)cc1. The average molecular weight is 369 g/mol. The minimum absolute atomic E-state index is 0.247. The molecule has 1 heterocycles. The van der Waals surface area contributed by atoms with Gasteiger partial charge in [0.15, 0.2) is 11.5 Å². The second kappa shape index (κ2) is 8.58. The fourth-order valence-electron chi connectivity index (χ4n) is 2.76. The molecular formula is C21H23NO5. The molecule has 0 unspecified atom stereocenters. The second-order valence-electron chi connectivity index (χ2n) is 6.11. The van der Waals surface area contributed by atoms with Crippen molar-refractivity contribution in [2.75, 3.05) is 20.8 Å². The third-order valence-corrected chi connectivity index (χ3v) is 4.25. The maximum Gasteiger partial charge on any atom is 0.347 e. The fraction of sp³-hybridized carbons (Fsp3) is 0.333.